The molecule has 8 unspecified atom stereocenters. The molecule has 4 saturated carbocycles. The highest BCUT2D eigenvalue weighted by molar-refractivity contribution is 5.14. The van der Waals surface area contributed by atoms with Gasteiger partial charge < -0.3 is 0 Å². The summed E-state index contributed by atoms with van der Waals surface area (Å²) in [6, 6.07) is 0. The molecule has 0 spiro atoms. The number of hydrazine groups is 1. The van der Waals surface area contributed by atoms with E-state index >= 15 is 0 Å². The van der Waals surface area contributed by atoms with Crippen molar-refractivity contribution in [3.8, 4) is 0 Å². The Labute approximate surface area is 199 Å². The molecule has 0 amide bonds. The second-order valence-corrected chi connectivity index (χ2v) is 13.4. The van der Waals surface area contributed by atoms with Crippen molar-refractivity contribution < 1.29 is 4.68 Å². The van der Waals surface area contributed by atoms with Gasteiger partial charge in [-0.15, -0.1) is 4.68 Å². The summed E-state index contributed by atoms with van der Waals surface area (Å²) in [6.07, 6.45) is 16.4. The summed E-state index contributed by atoms with van der Waals surface area (Å²) in [7, 11) is 2.06. The van der Waals surface area contributed by atoms with E-state index < -0.39 is 0 Å². The Morgan fingerprint density at radius 1 is 1.03 bits per heavy atom. The van der Waals surface area contributed by atoms with Crippen LogP contribution in [0.4, 0.5) is 0 Å². The van der Waals surface area contributed by atoms with Crippen molar-refractivity contribution in [1.82, 2.24) is 5.01 Å². The zero-order valence-corrected chi connectivity index (χ0v) is 22.3. The van der Waals surface area contributed by atoms with E-state index in [1.165, 1.54) is 70.6 Å². The summed E-state index contributed by atoms with van der Waals surface area (Å²) in [5, 5.41) is 2.29. The van der Waals surface area contributed by atoms with Gasteiger partial charge in [0.2, 0.25) is 0 Å². The fraction of sp³-hybridized carbons (Fsp3) is 0.900. The molecule has 0 N–H and O–H groups in total. The molecule has 182 valence electrons. The van der Waals surface area contributed by atoms with E-state index in [9.17, 15) is 0 Å². The third-order valence-corrected chi connectivity index (χ3v) is 11.3. The van der Waals surface area contributed by atoms with Crippen molar-refractivity contribution in [1.29, 1.82) is 0 Å². The maximum Gasteiger partial charge on any atom is 0.161 e. The van der Waals surface area contributed by atoms with Crippen molar-refractivity contribution in [3.05, 3.63) is 12.3 Å². The molecule has 0 heterocycles. The van der Waals surface area contributed by atoms with Gasteiger partial charge in [-0.3, -0.25) is 0 Å². The highest BCUT2D eigenvalue weighted by Crippen LogP contribution is 2.66. The van der Waals surface area contributed by atoms with Crippen LogP contribution >= 0.6 is 0 Å². The van der Waals surface area contributed by atoms with Gasteiger partial charge in [0.15, 0.2) is 13.8 Å². The molecule has 4 aliphatic carbocycles. The number of hydrogen-bond donors (Lipinski definition) is 0. The van der Waals surface area contributed by atoms with Crippen molar-refractivity contribution in [2.75, 3.05) is 13.6 Å². The molecular formula is C30H53N2+. The Kier molecular flexibility index (Phi) is 6.92. The van der Waals surface area contributed by atoms with Crippen LogP contribution in [0.1, 0.15) is 105 Å². The minimum Gasteiger partial charge on any atom is -0.159 e. The maximum atomic E-state index is 4.21. The number of hydrazone groups is 1. The molecule has 2 nitrogen and oxygen atoms in total. The summed E-state index contributed by atoms with van der Waals surface area (Å²) in [4.78, 5) is 0. The van der Waals surface area contributed by atoms with Crippen LogP contribution in [0.3, 0.4) is 0 Å². The Morgan fingerprint density at radius 3 is 2.41 bits per heavy atom. The monoisotopic (exact) mass is 441 g/mol. The first-order valence-electron chi connectivity index (χ1n) is 14.1. The van der Waals surface area contributed by atoms with E-state index in [0.29, 0.717) is 16.7 Å². The van der Waals surface area contributed by atoms with Crippen molar-refractivity contribution in [3.63, 3.8) is 0 Å². The van der Waals surface area contributed by atoms with Crippen molar-refractivity contribution in [2.45, 2.75) is 105 Å². The molecule has 4 rings (SSSR count). The molecule has 0 aromatic rings. The smallest absolute Gasteiger partial charge is 0.159 e. The lowest BCUT2D eigenvalue weighted by molar-refractivity contribution is -0.651. The molecule has 2 heteroatoms. The Hall–Kier alpha value is -0.790. The largest absolute Gasteiger partial charge is 0.161 e. The Bertz CT molecular complexity index is 698. The normalized spacial score (nSPS) is 44.2. The molecule has 4 aliphatic rings. The fourth-order valence-electron chi connectivity index (χ4n) is 9.98. The van der Waals surface area contributed by atoms with Gasteiger partial charge in [0.1, 0.15) is 0 Å². The summed E-state index contributed by atoms with van der Waals surface area (Å²) in [6.45, 7) is 21.8. The lowest BCUT2D eigenvalue weighted by Gasteiger charge is -2.58. The van der Waals surface area contributed by atoms with Gasteiger partial charge in [-0.05, 0) is 123 Å². The van der Waals surface area contributed by atoms with Crippen LogP contribution in [0.15, 0.2) is 12.3 Å². The van der Waals surface area contributed by atoms with Crippen LogP contribution in [-0.2, 0) is 0 Å². The van der Waals surface area contributed by atoms with Crippen LogP contribution in [0.2, 0.25) is 0 Å². The molecular weight excluding hydrogens is 388 g/mol. The average Bonchev–Trinajstić information content (AvgIpc) is 3.08. The maximum absolute atomic E-state index is 4.21. The van der Waals surface area contributed by atoms with E-state index in [0.717, 1.165) is 47.7 Å². The van der Waals surface area contributed by atoms with Gasteiger partial charge in [-0.1, -0.05) is 40.7 Å². The van der Waals surface area contributed by atoms with Gasteiger partial charge in [0, 0.05) is 0 Å². The average molecular weight is 442 g/mol. The standard InChI is InChI=1S/C30H53N2/c1-9-16-29(5)17-14-24-23(19-29)10-11-26-25(24)15-18-30(6)27(12-13-28(26)30)22(4)20-32(21(2)3)31(7)8/h22-28H,2,7,9-20H2,1,3-6,8H3/q+1/t22?,23?,24?,25?,26?,27?,28?,29-,30?/m0/s1. The third kappa shape index (κ3) is 4.22. The lowest BCUT2D eigenvalue weighted by atomic mass is 9.47. The first-order chi connectivity index (χ1) is 15.1. The molecule has 0 aromatic carbocycles. The second kappa shape index (κ2) is 9.10. The van der Waals surface area contributed by atoms with E-state index in [2.05, 4.69) is 60.0 Å². The number of allylic oxidation sites excluding steroid dienone is 1. The molecule has 0 aromatic heterocycles. The van der Waals surface area contributed by atoms with Gasteiger partial charge >= 0.3 is 0 Å². The molecule has 0 bridgehead atoms. The molecule has 32 heavy (non-hydrogen) atoms. The van der Waals surface area contributed by atoms with Crippen LogP contribution < -0.4 is 0 Å². The first kappa shape index (κ1) is 24.3. The SMILES string of the molecule is C=C(C)N(CC(C)C1CCC2C3CCC4C[C@@](C)(CCC)CCC4C3CCC12C)[N+](=C)C. The zero-order valence-electron chi connectivity index (χ0n) is 22.3. The highest BCUT2D eigenvalue weighted by atomic mass is 15.5. The Balaban J connectivity index is 1.45. The lowest BCUT2D eigenvalue weighted by Crippen LogP contribution is -2.50. The van der Waals surface area contributed by atoms with E-state index in [1.54, 1.807) is 0 Å². The predicted octanol–water partition coefficient (Wildman–Crippen LogP) is 7.79. The minimum absolute atomic E-state index is 0.555. The molecule has 0 aliphatic heterocycles. The molecule has 0 saturated heterocycles. The van der Waals surface area contributed by atoms with Crippen molar-refractivity contribution >= 4 is 6.72 Å². The number of fused-ring (bicyclic) bond motifs is 5. The third-order valence-electron chi connectivity index (χ3n) is 11.3. The molecule has 4 fully saturated rings. The van der Waals surface area contributed by atoms with E-state index in [4.69, 9.17) is 0 Å². The van der Waals surface area contributed by atoms with E-state index in [1.807, 2.05) is 4.68 Å². The van der Waals surface area contributed by atoms with E-state index in [-0.39, 0.29) is 0 Å². The molecule has 9 atom stereocenters. The second-order valence-electron chi connectivity index (χ2n) is 13.4. The minimum atomic E-state index is 0.555. The summed E-state index contributed by atoms with van der Waals surface area (Å²) < 4.78 is 1.99. The fourth-order valence-corrected chi connectivity index (χ4v) is 9.98. The predicted molar refractivity (Wildman–Crippen MR) is 138 cm³/mol. The summed E-state index contributed by atoms with van der Waals surface area (Å²) in [5.41, 5.74) is 2.32. The van der Waals surface area contributed by atoms with Gasteiger partial charge in [-0.25, -0.2) is 0 Å². The number of nitrogens with zero attached hydrogens (tertiary/aromatic N) is 2. The number of hydrogen-bond acceptors (Lipinski definition) is 1. The first-order valence-corrected chi connectivity index (χ1v) is 14.1. The van der Waals surface area contributed by atoms with Gasteiger partial charge in [-0.2, -0.15) is 5.01 Å². The van der Waals surface area contributed by atoms with Crippen molar-refractivity contribution in [2.24, 2.45) is 52.3 Å². The summed E-state index contributed by atoms with van der Waals surface area (Å²) in [5.74, 6) is 6.70. The molecule has 0 radical (unpaired) electrons. The van der Waals surface area contributed by atoms with Gasteiger partial charge in [0.05, 0.1) is 12.2 Å². The van der Waals surface area contributed by atoms with Crippen LogP contribution in [0, 0.1) is 52.3 Å². The van der Waals surface area contributed by atoms with Crippen LogP contribution in [-0.4, -0.2) is 30.0 Å². The zero-order chi connectivity index (χ0) is 23.3. The summed E-state index contributed by atoms with van der Waals surface area (Å²) >= 11 is 0. The highest BCUT2D eigenvalue weighted by Gasteiger charge is 2.58. The van der Waals surface area contributed by atoms with Gasteiger partial charge in [0.25, 0.3) is 0 Å². The topological polar surface area (TPSA) is 6.25 Å². The Morgan fingerprint density at radius 2 is 1.75 bits per heavy atom. The van der Waals surface area contributed by atoms with Crippen LogP contribution in [0.5, 0.6) is 0 Å². The van der Waals surface area contributed by atoms with Crippen LogP contribution in [0.25, 0.3) is 0 Å². The quantitative estimate of drug-likeness (QED) is 0.222. The number of rotatable bonds is 7.